The molecule has 0 unspecified atom stereocenters. The Hall–Kier alpha value is -0.960. The van der Waals surface area contributed by atoms with Gasteiger partial charge in [-0.15, -0.1) is 0 Å². The molecule has 0 aromatic heterocycles. The van der Waals surface area contributed by atoms with Crippen LogP contribution in [0.4, 0.5) is 8.78 Å². The Kier molecular flexibility index (Phi) is 2.66. The maximum atomic E-state index is 12.7. The van der Waals surface area contributed by atoms with Gasteiger partial charge in [0.1, 0.15) is 5.60 Å². The van der Waals surface area contributed by atoms with Crippen LogP contribution < -0.4 is 0 Å². The highest BCUT2D eigenvalue weighted by Crippen LogP contribution is 2.15. The van der Waals surface area contributed by atoms with Gasteiger partial charge in [0, 0.05) is 6.42 Å². The predicted octanol–water partition coefficient (Wildman–Crippen LogP) is 2.72. The molecule has 0 heterocycles. The van der Waals surface area contributed by atoms with Crippen molar-refractivity contribution in [2.45, 2.75) is 25.9 Å². The number of benzene rings is 1. The third kappa shape index (κ3) is 3.11. The van der Waals surface area contributed by atoms with Gasteiger partial charge in [-0.3, -0.25) is 0 Å². The molecule has 3 heteroatoms. The van der Waals surface area contributed by atoms with E-state index in [0.717, 1.165) is 12.1 Å². The number of hydrogen-bond acceptors (Lipinski definition) is 0. The van der Waals surface area contributed by atoms with Gasteiger partial charge in [0.05, 0.1) is 0 Å². The summed E-state index contributed by atoms with van der Waals surface area (Å²) in [6.45, 7) is 3.02. The SMILES string of the molecule is CC(C)([O])Cc1ccc(F)c(F)c1. The Labute approximate surface area is 76.0 Å². The van der Waals surface area contributed by atoms with Crippen molar-refractivity contribution in [1.82, 2.24) is 0 Å². The van der Waals surface area contributed by atoms with Gasteiger partial charge < -0.3 is 0 Å². The molecule has 13 heavy (non-hydrogen) atoms. The highest BCUT2D eigenvalue weighted by molar-refractivity contribution is 5.19. The summed E-state index contributed by atoms with van der Waals surface area (Å²) in [5.74, 6) is -1.78. The van der Waals surface area contributed by atoms with Crippen LogP contribution in [-0.4, -0.2) is 5.60 Å². The van der Waals surface area contributed by atoms with E-state index in [-0.39, 0.29) is 6.42 Å². The van der Waals surface area contributed by atoms with E-state index in [1.54, 1.807) is 0 Å². The fourth-order valence-electron chi connectivity index (χ4n) is 1.14. The highest BCUT2D eigenvalue weighted by Gasteiger charge is 2.16. The molecule has 0 aliphatic heterocycles. The molecule has 1 radical (unpaired) electrons. The lowest BCUT2D eigenvalue weighted by atomic mass is 9.99. The van der Waals surface area contributed by atoms with Crippen molar-refractivity contribution >= 4 is 0 Å². The van der Waals surface area contributed by atoms with Crippen molar-refractivity contribution in [3.63, 3.8) is 0 Å². The van der Waals surface area contributed by atoms with Gasteiger partial charge in [0.15, 0.2) is 11.6 Å². The average molecular weight is 185 g/mol. The monoisotopic (exact) mass is 185 g/mol. The maximum absolute atomic E-state index is 12.7. The summed E-state index contributed by atoms with van der Waals surface area (Å²) in [5, 5.41) is 11.3. The molecular weight excluding hydrogens is 174 g/mol. The lowest BCUT2D eigenvalue weighted by Gasteiger charge is -2.13. The van der Waals surface area contributed by atoms with Crippen molar-refractivity contribution in [2.75, 3.05) is 0 Å². The van der Waals surface area contributed by atoms with E-state index >= 15 is 0 Å². The van der Waals surface area contributed by atoms with E-state index in [2.05, 4.69) is 0 Å². The van der Waals surface area contributed by atoms with Crippen LogP contribution >= 0.6 is 0 Å². The minimum atomic E-state index is -1.15. The third-order valence-electron chi connectivity index (χ3n) is 1.61. The van der Waals surface area contributed by atoms with E-state index in [4.69, 9.17) is 0 Å². The zero-order chi connectivity index (χ0) is 10.1. The van der Waals surface area contributed by atoms with Crippen molar-refractivity contribution in [1.29, 1.82) is 0 Å². The van der Waals surface area contributed by atoms with Crippen LogP contribution in [0.25, 0.3) is 0 Å². The summed E-state index contributed by atoms with van der Waals surface area (Å²) < 4.78 is 25.2. The van der Waals surface area contributed by atoms with E-state index in [9.17, 15) is 13.9 Å². The molecule has 0 aliphatic carbocycles. The molecule has 0 fully saturated rings. The second-order valence-electron chi connectivity index (χ2n) is 3.68. The molecule has 1 aromatic rings. The molecule has 0 spiro atoms. The second kappa shape index (κ2) is 3.42. The van der Waals surface area contributed by atoms with Gasteiger partial charge in [-0.1, -0.05) is 6.07 Å². The van der Waals surface area contributed by atoms with Crippen molar-refractivity contribution in [2.24, 2.45) is 0 Å². The standard InChI is InChI=1S/C10H11F2O/c1-10(2,13)6-7-3-4-8(11)9(12)5-7/h3-5H,6H2,1-2H3. The van der Waals surface area contributed by atoms with Crippen LogP contribution in [-0.2, 0) is 11.5 Å². The average Bonchev–Trinajstić information content (AvgIpc) is 1.94. The van der Waals surface area contributed by atoms with Gasteiger partial charge in [-0.2, -0.15) is 0 Å². The normalized spacial score (nSPS) is 11.8. The molecule has 1 rings (SSSR count). The second-order valence-corrected chi connectivity index (χ2v) is 3.68. The number of halogens is 2. The van der Waals surface area contributed by atoms with E-state index in [1.807, 2.05) is 0 Å². The highest BCUT2D eigenvalue weighted by atomic mass is 19.2. The summed E-state index contributed by atoms with van der Waals surface area (Å²) in [4.78, 5) is 0. The first kappa shape index (κ1) is 10.1. The summed E-state index contributed by atoms with van der Waals surface area (Å²) in [5.41, 5.74) is -0.622. The Morgan fingerprint density at radius 2 is 1.85 bits per heavy atom. The van der Waals surface area contributed by atoms with Gasteiger partial charge in [-0.05, 0) is 31.5 Å². The lowest BCUT2D eigenvalue weighted by molar-refractivity contribution is 0.00472. The van der Waals surface area contributed by atoms with Gasteiger partial charge in [0.25, 0.3) is 0 Å². The molecule has 0 saturated carbocycles. The maximum Gasteiger partial charge on any atom is 0.159 e. The quantitative estimate of drug-likeness (QED) is 0.675. The number of hydrogen-bond donors (Lipinski definition) is 0. The molecule has 0 saturated heterocycles. The van der Waals surface area contributed by atoms with E-state index in [1.165, 1.54) is 19.9 Å². The first-order chi connectivity index (χ1) is 5.88. The minimum absolute atomic E-state index is 0.199. The topological polar surface area (TPSA) is 19.9 Å². The molecule has 0 amide bonds. The third-order valence-corrected chi connectivity index (χ3v) is 1.61. The zero-order valence-electron chi connectivity index (χ0n) is 7.60. The first-order valence-corrected chi connectivity index (χ1v) is 4.03. The van der Waals surface area contributed by atoms with Gasteiger partial charge in [0.2, 0.25) is 0 Å². The predicted molar refractivity (Wildman–Crippen MR) is 44.8 cm³/mol. The zero-order valence-corrected chi connectivity index (χ0v) is 7.60. The fraction of sp³-hybridized carbons (Fsp3) is 0.400. The van der Waals surface area contributed by atoms with E-state index in [0.29, 0.717) is 5.56 Å². The molecule has 1 nitrogen and oxygen atoms in total. The Morgan fingerprint density at radius 3 is 2.31 bits per heavy atom. The summed E-state index contributed by atoms with van der Waals surface area (Å²) in [7, 11) is 0. The van der Waals surface area contributed by atoms with Crippen molar-refractivity contribution in [3.8, 4) is 0 Å². The molecular formula is C10H11F2O. The van der Waals surface area contributed by atoms with Crippen LogP contribution in [0.2, 0.25) is 0 Å². The molecule has 71 valence electrons. The van der Waals surface area contributed by atoms with Crippen molar-refractivity contribution in [3.05, 3.63) is 35.4 Å². The Bertz CT molecular complexity index is 302. The summed E-state index contributed by atoms with van der Waals surface area (Å²) in [6, 6.07) is 3.53. The first-order valence-electron chi connectivity index (χ1n) is 4.03. The van der Waals surface area contributed by atoms with Crippen LogP contribution in [0.3, 0.4) is 0 Å². The van der Waals surface area contributed by atoms with Gasteiger partial charge >= 0.3 is 0 Å². The molecule has 0 aliphatic rings. The smallest absolute Gasteiger partial charge is 0.159 e. The summed E-state index contributed by atoms with van der Waals surface area (Å²) >= 11 is 0. The van der Waals surface area contributed by atoms with Gasteiger partial charge in [-0.25, -0.2) is 13.9 Å². The molecule has 0 bridgehead atoms. The number of rotatable bonds is 2. The van der Waals surface area contributed by atoms with Crippen molar-refractivity contribution < 1.29 is 13.9 Å². The largest absolute Gasteiger partial charge is 0.230 e. The van der Waals surface area contributed by atoms with E-state index < -0.39 is 17.2 Å². The molecule has 0 N–H and O–H groups in total. The molecule has 0 atom stereocenters. The lowest BCUT2D eigenvalue weighted by Crippen LogP contribution is -2.20. The van der Waals surface area contributed by atoms with Crippen LogP contribution in [0.1, 0.15) is 19.4 Å². The Balaban J connectivity index is 2.86. The van der Waals surface area contributed by atoms with Crippen LogP contribution in [0, 0.1) is 11.6 Å². The Morgan fingerprint density at radius 1 is 1.23 bits per heavy atom. The minimum Gasteiger partial charge on any atom is -0.230 e. The fourth-order valence-corrected chi connectivity index (χ4v) is 1.14. The van der Waals surface area contributed by atoms with Crippen LogP contribution in [0.15, 0.2) is 18.2 Å². The summed E-state index contributed by atoms with van der Waals surface area (Å²) in [6.07, 6.45) is 0.199. The molecule has 1 aromatic carbocycles. The van der Waals surface area contributed by atoms with Crippen LogP contribution in [0.5, 0.6) is 0 Å².